The fourth-order valence-electron chi connectivity index (χ4n) is 1.22. The minimum atomic E-state index is -0.420. The molecule has 4 heteroatoms. The van der Waals surface area contributed by atoms with E-state index in [1.807, 2.05) is 0 Å². The minimum absolute atomic E-state index is 0.134. The molecule has 2 nitrogen and oxygen atoms in total. The van der Waals surface area contributed by atoms with Crippen LogP contribution in [0.15, 0.2) is 18.2 Å². The first-order chi connectivity index (χ1) is 7.65. The standard InChI is InChI=1S/C12H17ClFNO/c1-3-9(2)15-7-8-16-12-10(13)5-4-6-11(12)14/h4-6,9,15H,3,7-8H2,1-2H3. The van der Waals surface area contributed by atoms with E-state index in [0.717, 1.165) is 6.42 Å². The highest BCUT2D eigenvalue weighted by molar-refractivity contribution is 6.32. The zero-order valence-corrected chi connectivity index (χ0v) is 10.4. The Labute approximate surface area is 101 Å². The van der Waals surface area contributed by atoms with Gasteiger partial charge in [0.1, 0.15) is 6.61 Å². The number of para-hydroxylation sites is 1. The quantitative estimate of drug-likeness (QED) is 0.777. The molecule has 1 aromatic rings. The number of halogens is 2. The molecule has 0 amide bonds. The molecule has 0 saturated carbocycles. The van der Waals surface area contributed by atoms with Crippen LogP contribution < -0.4 is 10.1 Å². The number of benzene rings is 1. The summed E-state index contributed by atoms with van der Waals surface area (Å²) >= 11 is 5.81. The highest BCUT2D eigenvalue weighted by Gasteiger charge is 2.07. The Morgan fingerprint density at radius 2 is 2.25 bits per heavy atom. The number of hydrogen-bond donors (Lipinski definition) is 1. The average molecular weight is 246 g/mol. The van der Waals surface area contributed by atoms with Gasteiger partial charge in [0.15, 0.2) is 11.6 Å². The maximum atomic E-state index is 13.3. The molecule has 0 aliphatic carbocycles. The molecule has 1 N–H and O–H groups in total. The lowest BCUT2D eigenvalue weighted by atomic mass is 10.3. The first-order valence-corrected chi connectivity index (χ1v) is 5.83. The molecule has 0 heterocycles. The van der Waals surface area contributed by atoms with Gasteiger partial charge in [0.2, 0.25) is 0 Å². The van der Waals surface area contributed by atoms with E-state index >= 15 is 0 Å². The summed E-state index contributed by atoms with van der Waals surface area (Å²) in [6.07, 6.45) is 1.06. The fourth-order valence-corrected chi connectivity index (χ4v) is 1.44. The summed E-state index contributed by atoms with van der Waals surface area (Å²) in [7, 11) is 0. The number of ether oxygens (including phenoxy) is 1. The lowest BCUT2D eigenvalue weighted by Crippen LogP contribution is -2.29. The molecule has 1 rings (SSSR count). The summed E-state index contributed by atoms with van der Waals surface area (Å²) in [5, 5.41) is 3.56. The fraction of sp³-hybridized carbons (Fsp3) is 0.500. The van der Waals surface area contributed by atoms with Gasteiger partial charge in [-0.15, -0.1) is 0 Å². The van der Waals surface area contributed by atoms with Gasteiger partial charge in [-0.1, -0.05) is 24.6 Å². The molecule has 0 spiro atoms. The molecule has 1 unspecified atom stereocenters. The van der Waals surface area contributed by atoms with Crippen molar-refractivity contribution in [2.45, 2.75) is 26.3 Å². The lowest BCUT2D eigenvalue weighted by molar-refractivity contribution is 0.292. The number of nitrogens with one attached hydrogen (secondary N) is 1. The van der Waals surface area contributed by atoms with Gasteiger partial charge in [-0.3, -0.25) is 0 Å². The summed E-state index contributed by atoms with van der Waals surface area (Å²) in [5.74, 6) is -0.286. The van der Waals surface area contributed by atoms with Crippen LogP contribution in [0.4, 0.5) is 4.39 Å². The summed E-state index contributed by atoms with van der Waals surface area (Å²) in [6.45, 7) is 5.28. The molecular weight excluding hydrogens is 229 g/mol. The molecule has 1 atom stereocenters. The predicted molar refractivity (Wildman–Crippen MR) is 64.7 cm³/mol. The maximum Gasteiger partial charge on any atom is 0.173 e. The van der Waals surface area contributed by atoms with Gasteiger partial charge in [0.25, 0.3) is 0 Å². The van der Waals surface area contributed by atoms with Crippen molar-refractivity contribution in [1.29, 1.82) is 0 Å². The van der Waals surface area contributed by atoms with Crippen LogP contribution in [0, 0.1) is 5.82 Å². The van der Waals surface area contributed by atoms with Gasteiger partial charge < -0.3 is 10.1 Å². The molecule has 0 aliphatic heterocycles. The van der Waals surface area contributed by atoms with Gasteiger partial charge in [-0.25, -0.2) is 4.39 Å². The highest BCUT2D eigenvalue weighted by atomic mass is 35.5. The Morgan fingerprint density at radius 3 is 2.88 bits per heavy atom. The van der Waals surface area contributed by atoms with Gasteiger partial charge >= 0.3 is 0 Å². The zero-order valence-electron chi connectivity index (χ0n) is 9.59. The van der Waals surface area contributed by atoms with Crippen LogP contribution in [-0.2, 0) is 0 Å². The Kier molecular flexibility index (Phi) is 5.56. The van der Waals surface area contributed by atoms with E-state index in [2.05, 4.69) is 19.2 Å². The summed E-state index contributed by atoms with van der Waals surface area (Å²) in [5.41, 5.74) is 0. The van der Waals surface area contributed by atoms with Crippen molar-refractivity contribution in [2.24, 2.45) is 0 Å². The molecule has 0 radical (unpaired) electrons. The van der Waals surface area contributed by atoms with E-state index in [1.165, 1.54) is 6.07 Å². The van der Waals surface area contributed by atoms with E-state index in [1.54, 1.807) is 12.1 Å². The smallest absolute Gasteiger partial charge is 0.173 e. The summed E-state index contributed by atoms with van der Waals surface area (Å²) in [4.78, 5) is 0. The minimum Gasteiger partial charge on any atom is -0.488 e. The average Bonchev–Trinajstić information content (AvgIpc) is 2.27. The molecule has 0 fully saturated rings. The zero-order chi connectivity index (χ0) is 12.0. The van der Waals surface area contributed by atoms with Crippen molar-refractivity contribution in [3.63, 3.8) is 0 Å². The van der Waals surface area contributed by atoms with Crippen molar-refractivity contribution in [3.05, 3.63) is 29.0 Å². The van der Waals surface area contributed by atoms with E-state index in [4.69, 9.17) is 16.3 Å². The Balaban J connectivity index is 2.37. The maximum absolute atomic E-state index is 13.3. The Hall–Kier alpha value is -0.800. The van der Waals surface area contributed by atoms with E-state index in [9.17, 15) is 4.39 Å². The van der Waals surface area contributed by atoms with Crippen LogP contribution in [0.3, 0.4) is 0 Å². The second kappa shape index (κ2) is 6.71. The number of hydrogen-bond acceptors (Lipinski definition) is 2. The first-order valence-electron chi connectivity index (χ1n) is 5.45. The summed E-state index contributed by atoms with van der Waals surface area (Å²) in [6, 6.07) is 4.95. The van der Waals surface area contributed by atoms with Crippen molar-refractivity contribution < 1.29 is 9.13 Å². The topological polar surface area (TPSA) is 21.3 Å². The third kappa shape index (κ3) is 3.99. The Bertz CT molecular complexity index is 313. The largest absolute Gasteiger partial charge is 0.488 e. The predicted octanol–water partition coefficient (Wildman–Crippen LogP) is 3.25. The lowest BCUT2D eigenvalue weighted by Gasteiger charge is -2.12. The van der Waals surface area contributed by atoms with Crippen molar-refractivity contribution in [1.82, 2.24) is 5.32 Å². The second-order valence-electron chi connectivity index (χ2n) is 3.66. The molecule has 0 aromatic heterocycles. The van der Waals surface area contributed by atoms with Crippen molar-refractivity contribution in [3.8, 4) is 5.75 Å². The Morgan fingerprint density at radius 1 is 1.50 bits per heavy atom. The molecule has 0 bridgehead atoms. The van der Waals surface area contributed by atoms with Crippen LogP contribution in [-0.4, -0.2) is 19.2 Å². The normalized spacial score (nSPS) is 12.5. The molecule has 90 valence electrons. The first kappa shape index (κ1) is 13.3. The van der Waals surface area contributed by atoms with Crippen LogP contribution in [0.2, 0.25) is 5.02 Å². The van der Waals surface area contributed by atoms with Gasteiger partial charge in [-0.2, -0.15) is 0 Å². The molecule has 16 heavy (non-hydrogen) atoms. The van der Waals surface area contributed by atoms with E-state index in [-0.39, 0.29) is 5.75 Å². The van der Waals surface area contributed by atoms with Gasteiger partial charge in [0, 0.05) is 12.6 Å². The van der Waals surface area contributed by atoms with Crippen LogP contribution in [0.25, 0.3) is 0 Å². The van der Waals surface area contributed by atoms with Crippen molar-refractivity contribution in [2.75, 3.05) is 13.2 Å². The monoisotopic (exact) mass is 245 g/mol. The van der Waals surface area contributed by atoms with E-state index < -0.39 is 5.82 Å². The van der Waals surface area contributed by atoms with Crippen LogP contribution in [0.1, 0.15) is 20.3 Å². The van der Waals surface area contributed by atoms with Crippen molar-refractivity contribution >= 4 is 11.6 Å². The third-order valence-electron chi connectivity index (χ3n) is 2.37. The number of rotatable bonds is 6. The third-order valence-corrected chi connectivity index (χ3v) is 2.67. The van der Waals surface area contributed by atoms with E-state index in [0.29, 0.717) is 24.2 Å². The van der Waals surface area contributed by atoms with Gasteiger partial charge in [-0.05, 0) is 25.5 Å². The SMILES string of the molecule is CCC(C)NCCOc1c(F)cccc1Cl. The second-order valence-corrected chi connectivity index (χ2v) is 4.07. The van der Waals surface area contributed by atoms with Gasteiger partial charge in [0.05, 0.1) is 5.02 Å². The van der Waals surface area contributed by atoms with Crippen LogP contribution in [0.5, 0.6) is 5.75 Å². The highest BCUT2D eigenvalue weighted by Crippen LogP contribution is 2.26. The molecule has 0 aliphatic rings. The molecule has 1 aromatic carbocycles. The molecule has 0 saturated heterocycles. The molecular formula is C12H17ClFNO. The van der Waals surface area contributed by atoms with Crippen LogP contribution >= 0.6 is 11.6 Å². The summed E-state index contributed by atoms with van der Waals surface area (Å²) < 4.78 is 18.6.